The number of amides is 2. The van der Waals surface area contributed by atoms with Crippen LogP contribution >= 0.6 is 0 Å². The van der Waals surface area contributed by atoms with Crippen LogP contribution in [-0.2, 0) is 4.79 Å². The number of benzene rings is 2. The maximum Gasteiger partial charge on any atom is 0.272 e. The average Bonchev–Trinajstić information content (AvgIpc) is 3.31. The van der Waals surface area contributed by atoms with E-state index in [-0.39, 0.29) is 5.70 Å². The van der Waals surface area contributed by atoms with Crippen LogP contribution in [0, 0.1) is 0 Å². The van der Waals surface area contributed by atoms with E-state index in [1.807, 2.05) is 0 Å². The van der Waals surface area contributed by atoms with Crippen molar-refractivity contribution < 1.29 is 28.2 Å². The summed E-state index contributed by atoms with van der Waals surface area (Å²) in [4.78, 5) is 25.6. The lowest BCUT2D eigenvalue weighted by atomic mass is 10.2. The van der Waals surface area contributed by atoms with Crippen molar-refractivity contribution in [2.24, 2.45) is 0 Å². The zero-order valence-corrected chi connectivity index (χ0v) is 17.3. The van der Waals surface area contributed by atoms with Crippen LogP contribution in [0.15, 0.2) is 71.0 Å². The second-order valence-electron chi connectivity index (χ2n) is 6.26. The Morgan fingerprint density at radius 1 is 0.903 bits per heavy atom. The summed E-state index contributed by atoms with van der Waals surface area (Å²) in [5.41, 5.74) is 0.796. The number of anilines is 1. The molecule has 0 radical (unpaired) electrons. The van der Waals surface area contributed by atoms with E-state index in [2.05, 4.69) is 10.6 Å². The molecule has 0 saturated heterocycles. The molecule has 0 fully saturated rings. The number of nitrogens with one attached hydrogen (secondary N) is 2. The summed E-state index contributed by atoms with van der Waals surface area (Å²) in [6.07, 6.45) is 2.91. The second-order valence-corrected chi connectivity index (χ2v) is 6.26. The van der Waals surface area contributed by atoms with Crippen LogP contribution in [0.1, 0.15) is 16.1 Å². The third kappa shape index (κ3) is 5.24. The number of rotatable bonds is 8. The predicted molar refractivity (Wildman–Crippen MR) is 115 cm³/mol. The summed E-state index contributed by atoms with van der Waals surface area (Å²) < 4.78 is 21.2. The Bertz CT molecular complexity index is 1050. The fraction of sp³-hybridized carbons (Fsp3) is 0.130. The number of ether oxygens (including phenoxy) is 3. The smallest absolute Gasteiger partial charge is 0.272 e. The number of hydrogen-bond acceptors (Lipinski definition) is 6. The number of methoxy groups -OCH3 is 3. The van der Waals surface area contributed by atoms with Gasteiger partial charge in [-0.15, -0.1) is 0 Å². The molecule has 0 aliphatic heterocycles. The zero-order valence-electron chi connectivity index (χ0n) is 17.3. The minimum atomic E-state index is -0.560. The van der Waals surface area contributed by atoms with Crippen molar-refractivity contribution in [2.75, 3.05) is 26.6 Å². The van der Waals surface area contributed by atoms with Crippen LogP contribution < -0.4 is 24.8 Å². The number of hydrogen-bond donors (Lipinski definition) is 2. The summed E-state index contributed by atoms with van der Waals surface area (Å²) in [5, 5.41) is 5.37. The van der Waals surface area contributed by atoms with Crippen LogP contribution in [0.2, 0.25) is 0 Å². The SMILES string of the molecule is COc1cc(NC(=O)C(=Cc2ccco2)NC(=O)c2ccccc2)cc(OC)c1OC. The molecule has 2 aromatic carbocycles. The lowest BCUT2D eigenvalue weighted by Gasteiger charge is -2.15. The fourth-order valence-electron chi connectivity index (χ4n) is 2.81. The van der Waals surface area contributed by atoms with Crippen molar-refractivity contribution in [2.45, 2.75) is 0 Å². The van der Waals surface area contributed by atoms with Crippen molar-refractivity contribution in [3.8, 4) is 17.2 Å². The van der Waals surface area contributed by atoms with Crippen LogP contribution in [0.3, 0.4) is 0 Å². The lowest BCUT2D eigenvalue weighted by molar-refractivity contribution is -0.113. The molecule has 160 valence electrons. The maximum atomic E-state index is 13.0. The van der Waals surface area contributed by atoms with Gasteiger partial charge in [-0.3, -0.25) is 9.59 Å². The Kier molecular flexibility index (Phi) is 6.95. The number of furan rings is 1. The number of carbonyl (C=O) groups excluding carboxylic acids is 2. The van der Waals surface area contributed by atoms with E-state index in [4.69, 9.17) is 18.6 Å². The van der Waals surface area contributed by atoms with E-state index >= 15 is 0 Å². The Hall–Kier alpha value is -4.20. The molecule has 1 heterocycles. The van der Waals surface area contributed by atoms with Gasteiger partial charge in [-0.05, 0) is 24.3 Å². The van der Waals surface area contributed by atoms with Crippen molar-refractivity contribution in [3.05, 3.63) is 77.9 Å². The van der Waals surface area contributed by atoms with Crippen molar-refractivity contribution in [1.82, 2.24) is 5.32 Å². The van der Waals surface area contributed by atoms with Gasteiger partial charge in [0, 0.05) is 29.5 Å². The number of carbonyl (C=O) groups is 2. The summed E-state index contributed by atoms with van der Waals surface area (Å²) in [5.74, 6) is 0.563. The molecule has 3 rings (SSSR count). The van der Waals surface area contributed by atoms with Crippen molar-refractivity contribution in [1.29, 1.82) is 0 Å². The van der Waals surface area contributed by atoms with Gasteiger partial charge in [0.25, 0.3) is 11.8 Å². The molecular formula is C23H22N2O6. The van der Waals surface area contributed by atoms with E-state index < -0.39 is 11.8 Å². The minimum absolute atomic E-state index is 0.00226. The molecule has 31 heavy (non-hydrogen) atoms. The van der Waals surface area contributed by atoms with Gasteiger partial charge in [0.2, 0.25) is 5.75 Å². The van der Waals surface area contributed by atoms with Gasteiger partial charge < -0.3 is 29.3 Å². The molecule has 0 saturated carbocycles. The Morgan fingerprint density at radius 3 is 2.13 bits per heavy atom. The van der Waals surface area contributed by atoms with Crippen LogP contribution in [-0.4, -0.2) is 33.1 Å². The monoisotopic (exact) mass is 422 g/mol. The highest BCUT2D eigenvalue weighted by atomic mass is 16.5. The predicted octanol–water partition coefficient (Wildman–Crippen LogP) is 3.72. The van der Waals surface area contributed by atoms with Gasteiger partial charge in [0.15, 0.2) is 11.5 Å². The molecule has 1 aromatic heterocycles. The highest BCUT2D eigenvalue weighted by Crippen LogP contribution is 2.40. The fourth-order valence-corrected chi connectivity index (χ4v) is 2.81. The first kappa shape index (κ1) is 21.5. The molecule has 3 aromatic rings. The third-order valence-electron chi connectivity index (χ3n) is 4.28. The van der Waals surface area contributed by atoms with Gasteiger partial charge in [-0.25, -0.2) is 0 Å². The largest absolute Gasteiger partial charge is 0.493 e. The van der Waals surface area contributed by atoms with E-state index in [9.17, 15) is 9.59 Å². The average molecular weight is 422 g/mol. The first-order valence-corrected chi connectivity index (χ1v) is 9.28. The molecule has 2 N–H and O–H groups in total. The van der Waals surface area contributed by atoms with Crippen LogP contribution in [0.25, 0.3) is 6.08 Å². The van der Waals surface area contributed by atoms with E-state index in [1.165, 1.54) is 33.7 Å². The second kappa shape index (κ2) is 10.0. The summed E-state index contributed by atoms with van der Waals surface area (Å²) in [6, 6.07) is 15.1. The molecular weight excluding hydrogens is 400 g/mol. The van der Waals surface area contributed by atoms with E-state index in [0.29, 0.717) is 34.3 Å². The summed E-state index contributed by atoms with van der Waals surface area (Å²) in [6.45, 7) is 0. The van der Waals surface area contributed by atoms with Gasteiger partial charge in [-0.2, -0.15) is 0 Å². The summed E-state index contributed by atoms with van der Waals surface area (Å²) >= 11 is 0. The standard InChI is InChI=1S/C23H22N2O6/c1-28-19-12-16(13-20(29-2)21(19)30-3)24-23(27)18(14-17-10-7-11-31-17)25-22(26)15-8-5-4-6-9-15/h4-14H,1-3H3,(H,24,27)(H,25,26). The first-order chi connectivity index (χ1) is 15.0. The Morgan fingerprint density at radius 2 is 1.58 bits per heavy atom. The minimum Gasteiger partial charge on any atom is -0.493 e. The summed E-state index contributed by atoms with van der Waals surface area (Å²) in [7, 11) is 4.44. The van der Waals surface area contributed by atoms with Gasteiger partial charge in [-0.1, -0.05) is 18.2 Å². The normalized spacial score (nSPS) is 10.9. The zero-order chi connectivity index (χ0) is 22.2. The van der Waals surface area contributed by atoms with Crippen LogP contribution in [0.4, 0.5) is 5.69 Å². The van der Waals surface area contributed by atoms with Gasteiger partial charge in [0.1, 0.15) is 11.5 Å². The Labute approximate surface area is 179 Å². The van der Waals surface area contributed by atoms with Gasteiger partial charge >= 0.3 is 0 Å². The molecule has 0 aliphatic carbocycles. The first-order valence-electron chi connectivity index (χ1n) is 9.28. The van der Waals surface area contributed by atoms with Gasteiger partial charge in [0.05, 0.1) is 27.6 Å². The third-order valence-corrected chi connectivity index (χ3v) is 4.28. The molecule has 0 bridgehead atoms. The highest BCUT2D eigenvalue weighted by Gasteiger charge is 2.18. The highest BCUT2D eigenvalue weighted by molar-refractivity contribution is 6.10. The topological polar surface area (TPSA) is 99.0 Å². The Balaban J connectivity index is 1.89. The lowest BCUT2D eigenvalue weighted by Crippen LogP contribution is -2.30. The molecule has 8 heteroatoms. The molecule has 0 unspecified atom stereocenters. The molecule has 8 nitrogen and oxygen atoms in total. The molecule has 2 amide bonds. The molecule has 0 atom stereocenters. The maximum absolute atomic E-state index is 13.0. The van der Waals surface area contributed by atoms with Crippen molar-refractivity contribution >= 4 is 23.6 Å². The molecule has 0 aliphatic rings. The van der Waals surface area contributed by atoms with E-state index in [1.54, 1.807) is 54.6 Å². The van der Waals surface area contributed by atoms with E-state index in [0.717, 1.165) is 0 Å². The van der Waals surface area contributed by atoms with Crippen LogP contribution in [0.5, 0.6) is 17.2 Å². The molecule has 0 spiro atoms. The quantitative estimate of drug-likeness (QED) is 0.537. The van der Waals surface area contributed by atoms with Crippen molar-refractivity contribution in [3.63, 3.8) is 0 Å².